The van der Waals surface area contributed by atoms with Gasteiger partial charge in [0.1, 0.15) is 0 Å². The highest BCUT2D eigenvalue weighted by Crippen LogP contribution is 2.37. The van der Waals surface area contributed by atoms with E-state index in [-0.39, 0.29) is 0 Å². The molecule has 0 saturated heterocycles. The molecule has 1 aliphatic rings. The zero-order valence-corrected chi connectivity index (χ0v) is 10.8. The number of hydrogen-bond acceptors (Lipinski definition) is 0. The Balaban J connectivity index is 1.95. The van der Waals surface area contributed by atoms with Crippen LogP contribution in [0.4, 0.5) is 0 Å². The van der Waals surface area contributed by atoms with Crippen LogP contribution in [0, 0.1) is 5.92 Å². The van der Waals surface area contributed by atoms with Crippen LogP contribution in [-0.4, -0.2) is 0 Å². The molecule has 1 aromatic rings. The summed E-state index contributed by atoms with van der Waals surface area (Å²) in [7, 11) is 0. The standard InChI is InChI=1S/C17H22/c1-3-4-5-6-15-8-11-16(12-9-15)17-10-7-14(2)13-17/h4,8-9,11-12,14,17H,1,5-7,10,13H2,2H3. The summed E-state index contributed by atoms with van der Waals surface area (Å²) in [5, 5.41) is 0. The van der Waals surface area contributed by atoms with Crippen molar-refractivity contribution in [3.63, 3.8) is 0 Å². The zero-order chi connectivity index (χ0) is 12.1. The first-order valence-corrected chi connectivity index (χ1v) is 6.72. The average molecular weight is 226 g/mol. The molecule has 0 aliphatic heterocycles. The van der Waals surface area contributed by atoms with Gasteiger partial charge in [0.2, 0.25) is 0 Å². The van der Waals surface area contributed by atoms with Crippen molar-refractivity contribution < 1.29 is 0 Å². The van der Waals surface area contributed by atoms with Crippen LogP contribution >= 0.6 is 0 Å². The van der Waals surface area contributed by atoms with Crippen LogP contribution in [0.15, 0.2) is 42.7 Å². The van der Waals surface area contributed by atoms with E-state index in [0.717, 1.165) is 24.7 Å². The second-order valence-electron chi connectivity index (χ2n) is 5.30. The molecule has 0 radical (unpaired) electrons. The SMILES string of the molecule is C=C=CCCc1ccc(C2CCC(C)C2)cc1. The molecule has 17 heavy (non-hydrogen) atoms. The van der Waals surface area contributed by atoms with Crippen LogP contribution in [0.25, 0.3) is 0 Å². The third-order valence-corrected chi connectivity index (χ3v) is 3.87. The molecule has 0 bridgehead atoms. The zero-order valence-electron chi connectivity index (χ0n) is 10.8. The van der Waals surface area contributed by atoms with Gasteiger partial charge in [-0.2, -0.15) is 0 Å². The van der Waals surface area contributed by atoms with Crippen LogP contribution in [0.1, 0.15) is 49.7 Å². The van der Waals surface area contributed by atoms with E-state index in [1.807, 2.05) is 6.08 Å². The highest BCUT2D eigenvalue weighted by Gasteiger charge is 2.22. The number of rotatable bonds is 4. The molecule has 1 aromatic carbocycles. The van der Waals surface area contributed by atoms with E-state index in [0.29, 0.717) is 0 Å². The Bertz CT molecular complexity index is 393. The van der Waals surface area contributed by atoms with Gasteiger partial charge in [-0.05, 0) is 54.7 Å². The second kappa shape index (κ2) is 5.89. The third kappa shape index (κ3) is 3.35. The summed E-state index contributed by atoms with van der Waals surface area (Å²) < 4.78 is 0. The summed E-state index contributed by atoms with van der Waals surface area (Å²) >= 11 is 0. The van der Waals surface area contributed by atoms with E-state index < -0.39 is 0 Å². The minimum absolute atomic E-state index is 0.812. The van der Waals surface area contributed by atoms with Gasteiger partial charge < -0.3 is 0 Å². The van der Waals surface area contributed by atoms with E-state index in [4.69, 9.17) is 0 Å². The highest BCUT2D eigenvalue weighted by atomic mass is 14.3. The van der Waals surface area contributed by atoms with Gasteiger partial charge in [0.25, 0.3) is 0 Å². The van der Waals surface area contributed by atoms with Gasteiger partial charge in [0, 0.05) is 0 Å². The summed E-state index contributed by atoms with van der Waals surface area (Å²) in [6.45, 7) is 5.96. The molecule has 1 fully saturated rings. The minimum Gasteiger partial charge on any atom is -0.133 e. The summed E-state index contributed by atoms with van der Waals surface area (Å²) in [6, 6.07) is 9.23. The molecule has 2 unspecified atom stereocenters. The van der Waals surface area contributed by atoms with Gasteiger partial charge in [-0.15, -0.1) is 5.73 Å². The van der Waals surface area contributed by atoms with Gasteiger partial charge >= 0.3 is 0 Å². The van der Waals surface area contributed by atoms with Crippen molar-refractivity contribution in [1.29, 1.82) is 0 Å². The summed E-state index contributed by atoms with van der Waals surface area (Å²) in [6.07, 6.45) is 8.30. The molecule has 0 spiro atoms. The lowest BCUT2D eigenvalue weighted by molar-refractivity contribution is 0.596. The van der Waals surface area contributed by atoms with Crippen molar-refractivity contribution in [2.75, 3.05) is 0 Å². The molecule has 2 rings (SSSR count). The van der Waals surface area contributed by atoms with Gasteiger partial charge in [-0.3, -0.25) is 0 Å². The van der Waals surface area contributed by atoms with Crippen molar-refractivity contribution in [2.45, 2.75) is 44.9 Å². The lowest BCUT2D eigenvalue weighted by Crippen LogP contribution is -1.94. The minimum atomic E-state index is 0.812. The highest BCUT2D eigenvalue weighted by molar-refractivity contribution is 5.26. The van der Waals surface area contributed by atoms with Gasteiger partial charge in [0.05, 0.1) is 0 Å². The Hall–Kier alpha value is -1.26. The smallest absolute Gasteiger partial charge is 0.0159 e. The number of aryl methyl sites for hydroxylation is 1. The summed E-state index contributed by atoms with van der Waals surface area (Å²) in [4.78, 5) is 0. The molecule has 2 atom stereocenters. The molecule has 0 heterocycles. The lowest BCUT2D eigenvalue weighted by Gasteiger charge is -2.10. The van der Waals surface area contributed by atoms with E-state index in [1.54, 1.807) is 0 Å². The Morgan fingerprint density at radius 3 is 2.65 bits per heavy atom. The normalized spacial score (nSPS) is 23.4. The number of hydrogen-bond donors (Lipinski definition) is 0. The monoisotopic (exact) mass is 226 g/mol. The Morgan fingerprint density at radius 1 is 1.29 bits per heavy atom. The maximum absolute atomic E-state index is 3.58. The molecular formula is C17H22. The Labute approximate surface area is 105 Å². The topological polar surface area (TPSA) is 0 Å². The molecule has 0 nitrogen and oxygen atoms in total. The Kier molecular flexibility index (Phi) is 4.23. The van der Waals surface area contributed by atoms with Crippen molar-refractivity contribution in [3.05, 3.63) is 53.8 Å². The quantitative estimate of drug-likeness (QED) is 0.643. The summed E-state index contributed by atoms with van der Waals surface area (Å²) in [5.74, 6) is 1.73. The molecule has 0 amide bonds. The maximum Gasteiger partial charge on any atom is -0.0159 e. The number of allylic oxidation sites excluding steroid dienone is 1. The molecule has 1 aliphatic carbocycles. The fraction of sp³-hybridized carbons (Fsp3) is 0.471. The molecule has 1 saturated carbocycles. The molecule has 0 heteroatoms. The van der Waals surface area contributed by atoms with Crippen molar-refractivity contribution >= 4 is 0 Å². The van der Waals surface area contributed by atoms with Crippen LogP contribution in [-0.2, 0) is 6.42 Å². The molecule has 0 N–H and O–H groups in total. The predicted molar refractivity (Wildman–Crippen MR) is 74.2 cm³/mol. The van der Waals surface area contributed by atoms with Gasteiger partial charge in [-0.25, -0.2) is 0 Å². The van der Waals surface area contributed by atoms with Crippen LogP contribution < -0.4 is 0 Å². The lowest BCUT2D eigenvalue weighted by atomic mass is 9.95. The summed E-state index contributed by atoms with van der Waals surface area (Å²) in [5.41, 5.74) is 5.79. The average Bonchev–Trinajstić information content (AvgIpc) is 2.77. The first-order chi connectivity index (χ1) is 8.29. The van der Waals surface area contributed by atoms with Crippen molar-refractivity contribution in [3.8, 4) is 0 Å². The maximum atomic E-state index is 3.58. The molecular weight excluding hydrogens is 204 g/mol. The first kappa shape index (κ1) is 12.2. The third-order valence-electron chi connectivity index (χ3n) is 3.87. The fourth-order valence-electron chi connectivity index (χ4n) is 2.81. The van der Waals surface area contributed by atoms with E-state index in [2.05, 4.69) is 43.5 Å². The number of benzene rings is 1. The molecule has 0 aromatic heterocycles. The fourth-order valence-corrected chi connectivity index (χ4v) is 2.81. The van der Waals surface area contributed by atoms with Gasteiger partial charge in [0.15, 0.2) is 0 Å². The predicted octanol–water partition coefficient (Wildman–Crippen LogP) is 4.86. The van der Waals surface area contributed by atoms with E-state index in [1.165, 1.54) is 30.4 Å². The van der Waals surface area contributed by atoms with Crippen LogP contribution in [0.5, 0.6) is 0 Å². The molecule has 90 valence electrons. The second-order valence-corrected chi connectivity index (χ2v) is 5.30. The van der Waals surface area contributed by atoms with E-state index >= 15 is 0 Å². The van der Waals surface area contributed by atoms with E-state index in [9.17, 15) is 0 Å². The van der Waals surface area contributed by atoms with Crippen LogP contribution in [0.2, 0.25) is 0 Å². The Morgan fingerprint density at radius 2 is 2.06 bits per heavy atom. The van der Waals surface area contributed by atoms with Crippen LogP contribution in [0.3, 0.4) is 0 Å². The van der Waals surface area contributed by atoms with Crippen molar-refractivity contribution in [1.82, 2.24) is 0 Å². The van der Waals surface area contributed by atoms with Gasteiger partial charge in [-0.1, -0.05) is 44.2 Å². The van der Waals surface area contributed by atoms with Crippen molar-refractivity contribution in [2.24, 2.45) is 5.92 Å². The first-order valence-electron chi connectivity index (χ1n) is 6.72. The largest absolute Gasteiger partial charge is 0.133 e.